The van der Waals surface area contributed by atoms with E-state index in [9.17, 15) is 18.3 Å². The van der Waals surface area contributed by atoms with Crippen LogP contribution in [0, 0.1) is 0 Å². The van der Waals surface area contributed by atoms with E-state index in [1.54, 1.807) is 33.1 Å². The molecule has 158 valence electrons. The molecule has 0 unspecified atom stereocenters. The Balaban J connectivity index is 2.02. The van der Waals surface area contributed by atoms with Gasteiger partial charge < -0.3 is 19.9 Å². The van der Waals surface area contributed by atoms with Crippen LogP contribution in [0.5, 0.6) is 11.5 Å². The Morgan fingerprint density at radius 3 is 2.52 bits per heavy atom. The highest BCUT2D eigenvalue weighted by atomic mass is 32.2. The molecule has 0 heterocycles. The fourth-order valence-electron chi connectivity index (χ4n) is 2.70. The Morgan fingerprint density at radius 2 is 1.86 bits per heavy atom. The molecule has 9 heteroatoms. The maximum Gasteiger partial charge on any atom is 0.250 e. The summed E-state index contributed by atoms with van der Waals surface area (Å²) in [5, 5.41) is 12.5. The summed E-state index contributed by atoms with van der Waals surface area (Å²) in [5.41, 5.74) is 0.848. The maximum absolute atomic E-state index is 12.6. The van der Waals surface area contributed by atoms with Crippen molar-refractivity contribution in [3.8, 4) is 11.5 Å². The van der Waals surface area contributed by atoms with Crippen LogP contribution in [0.2, 0.25) is 0 Å². The number of carbonyl (C=O) groups is 1. The standard InChI is InChI=1S/C20H26N2O6S/c1-4-22(5-2)29(25,26)17-9-10-19(23)18(12-17)21-20(24)14-28-13-15-7-6-8-16(11-15)27-3/h6-12,23H,4-5,13-14H2,1-3H3,(H,21,24). The number of rotatable bonds is 10. The van der Waals surface area contributed by atoms with Gasteiger partial charge in [0, 0.05) is 13.1 Å². The van der Waals surface area contributed by atoms with Crippen LogP contribution in [0.25, 0.3) is 0 Å². The molecule has 1 amide bonds. The third-order valence-electron chi connectivity index (χ3n) is 4.22. The molecule has 0 aliphatic rings. The van der Waals surface area contributed by atoms with E-state index in [4.69, 9.17) is 9.47 Å². The maximum atomic E-state index is 12.6. The number of methoxy groups -OCH3 is 1. The lowest BCUT2D eigenvalue weighted by molar-refractivity contribution is -0.121. The predicted octanol–water partition coefficient (Wildman–Crippen LogP) is 2.59. The normalized spacial score (nSPS) is 11.4. The van der Waals surface area contributed by atoms with E-state index in [0.717, 1.165) is 5.56 Å². The van der Waals surface area contributed by atoms with Gasteiger partial charge >= 0.3 is 0 Å². The molecule has 8 nitrogen and oxygen atoms in total. The van der Waals surface area contributed by atoms with Crippen molar-refractivity contribution in [2.45, 2.75) is 25.3 Å². The summed E-state index contributed by atoms with van der Waals surface area (Å²) in [4.78, 5) is 12.1. The number of anilines is 1. The predicted molar refractivity (Wildman–Crippen MR) is 109 cm³/mol. The van der Waals surface area contributed by atoms with Gasteiger partial charge in [-0.3, -0.25) is 4.79 Å². The highest BCUT2D eigenvalue weighted by Gasteiger charge is 2.23. The van der Waals surface area contributed by atoms with Crippen LogP contribution in [-0.2, 0) is 26.2 Å². The minimum absolute atomic E-state index is 0.00760. The van der Waals surface area contributed by atoms with E-state index in [1.165, 1.54) is 22.5 Å². The Labute approximate surface area is 171 Å². The van der Waals surface area contributed by atoms with Gasteiger partial charge in [-0.15, -0.1) is 0 Å². The molecular formula is C20H26N2O6S. The van der Waals surface area contributed by atoms with Crippen molar-refractivity contribution in [3.05, 3.63) is 48.0 Å². The molecule has 0 spiro atoms. The molecule has 0 aliphatic heterocycles. The molecule has 0 aromatic heterocycles. The van der Waals surface area contributed by atoms with E-state index in [2.05, 4.69) is 5.32 Å². The van der Waals surface area contributed by atoms with E-state index >= 15 is 0 Å². The molecule has 0 saturated carbocycles. The Hall–Kier alpha value is -2.62. The molecule has 0 fully saturated rings. The largest absolute Gasteiger partial charge is 0.506 e. The number of hydrogen-bond acceptors (Lipinski definition) is 6. The van der Waals surface area contributed by atoms with Crippen molar-refractivity contribution >= 4 is 21.6 Å². The molecule has 2 N–H and O–H groups in total. The second-order valence-electron chi connectivity index (χ2n) is 6.16. The minimum Gasteiger partial charge on any atom is -0.506 e. The summed E-state index contributed by atoms with van der Waals surface area (Å²) >= 11 is 0. The van der Waals surface area contributed by atoms with Gasteiger partial charge in [0.2, 0.25) is 15.9 Å². The van der Waals surface area contributed by atoms with Crippen molar-refractivity contribution in [2.24, 2.45) is 0 Å². The fourth-order valence-corrected chi connectivity index (χ4v) is 4.18. The zero-order valence-electron chi connectivity index (χ0n) is 16.7. The highest BCUT2D eigenvalue weighted by Crippen LogP contribution is 2.28. The number of aromatic hydroxyl groups is 1. The second kappa shape index (κ2) is 10.2. The molecule has 29 heavy (non-hydrogen) atoms. The number of benzene rings is 2. The summed E-state index contributed by atoms with van der Waals surface area (Å²) in [6, 6.07) is 11.0. The lowest BCUT2D eigenvalue weighted by atomic mass is 10.2. The van der Waals surface area contributed by atoms with Crippen LogP contribution in [0.1, 0.15) is 19.4 Å². The summed E-state index contributed by atoms with van der Waals surface area (Å²) in [5.74, 6) is -0.0584. The van der Waals surface area contributed by atoms with E-state index in [1.807, 2.05) is 12.1 Å². The van der Waals surface area contributed by atoms with Gasteiger partial charge in [-0.1, -0.05) is 26.0 Å². The first kappa shape index (κ1) is 22.7. The van der Waals surface area contributed by atoms with Crippen molar-refractivity contribution < 1.29 is 27.8 Å². The van der Waals surface area contributed by atoms with Gasteiger partial charge in [0.25, 0.3) is 0 Å². The number of nitrogens with one attached hydrogen (secondary N) is 1. The van der Waals surface area contributed by atoms with Crippen molar-refractivity contribution in [1.82, 2.24) is 4.31 Å². The summed E-state index contributed by atoms with van der Waals surface area (Å²) in [7, 11) is -2.14. The smallest absolute Gasteiger partial charge is 0.250 e. The number of hydrogen-bond donors (Lipinski definition) is 2. The first-order valence-corrected chi connectivity index (χ1v) is 10.6. The van der Waals surface area contributed by atoms with Gasteiger partial charge in [-0.05, 0) is 35.9 Å². The minimum atomic E-state index is -3.71. The quantitative estimate of drug-likeness (QED) is 0.570. The van der Waals surface area contributed by atoms with E-state index in [-0.39, 0.29) is 29.5 Å². The first-order chi connectivity index (χ1) is 13.8. The van der Waals surface area contributed by atoms with Crippen molar-refractivity contribution in [2.75, 3.05) is 32.1 Å². The number of carbonyl (C=O) groups excluding carboxylic acids is 1. The molecule has 2 aromatic carbocycles. The second-order valence-corrected chi connectivity index (χ2v) is 8.10. The molecule has 2 aromatic rings. The van der Waals surface area contributed by atoms with Crippen LogP contribution in [0.3, 0.4) is 0 Å². The van der Waals surface area contributed by atoms with Crippen LogP contribution in [0.4, 0.5) is 5.69 Å². The monoisotopic (exact) mass is 422 g/mol. The lowest BCUT2D eigenvalue weighted by Crippen LogP contribution is -2.30. The number of nitrogens with zero attached hydrogens (tertiary/aromatic N) is 1. The third-order valence-corrected chi connectivity index (χ3v) is 6.27. The number of phenolic OH excluding ortho intramolecular Hbond substituents is 1. The lowest BCUT2D eigenvalue weighted by Gasteiger charge is -2.19. The molecule has 0 aliphatic carbocycles. The SMILES string of the molecule is CCN(CC)S(=O)(=O)c1ccc(O)c(NC(=O)COCc2cccc(OC)c2)c1. The highest BCUT2D eigenvalue weighted by molar-refractivity contribution is 7.89. The van der Waals surface area contributed by atoms with E-state index in [0.29, 0.717) is 18.8 Å². The summed E-state index contributed by atoms with van der Waals surface area (Å²) in [6.07, 6.45) is 0. The Kier molecular flexibility index (Phi) is 8.00. The zero-order chi connectivity index (χ0) is 21.4. The van der Waals surface area contributed by atoms with Gasteiger partial charge in [0.1, 0.15) is 18.1 Å². The fraction of sp³-hybridized carbons (Fsp3) is 0.350. The number of amides is 1. The van der Waals surface area contributed by atoms with E-state index < -0.39 is 15.9 Å². The average Bonchev–Trinajstić information content (AvgIpc) is 2.70. The number of ether oxygens (including phenoxy) is 2. The van der Waals surface area contributed by atoms with Crippen molar-refractivity contribution in [3.63, 3.8) is 0 Å². The molecule has 0 saturated heterocycles. The molecule has 0 bridgehead atoms. The Bertz CT molecular complexity index is 942. The van der Waals surface area contributed by atoms with Crippen LogP contribution in [-0.4, -0.2) is 50.5 Å². The zero-order valence-corrected chi connectivity index (χ0v) is 17.5. The summed E-state index contributed by atoms with van der Waals surface area (Å²) in [6.45, 7) is 4.06. The van der Waals surface area contributed by atoms with Crippen LogP contribution in [0.15, 0.2) is 47.4 Å². The first-order valence-electron chi connectivity index (χ1n) is 9.15. The van der Waals surface area contributed by atoms with Gasteiger partial charge in [0.05, 0.1) is 24.3 Å². The number of sulfonamides is 1. The third kappa shape index (κ3) is 5.93. The summed E-state index contributed by atoms with van der Waals surface area (Å²) < 4.78 is 37.1. The molecule has 0 radical (unpaired) electrons. The number of phenols is 1. The van der Waals surface area contributed by atoms with Gasteiger partial charge in [0.15, 0.2) is 0 Å². The topological polar surface area (TPSA) is 105 Å². The van der Waals surface area contributed by atoms with Gasteiger partial charge in [-0.2, -0.15) is 4.31 Å². The van der Waals surface area contributed by atoms with Crippen LogP contribution < -0.4 is 10.1 Å². The molecule has 2 rings (SSSR count). The Morgan fingerprint density at radius 1 is 1.14 bits per heavy atom. The van der Waals surface area contributed by atoms with Crippen LogP contribution >= 0.6 is 0 Å². The molecular weight excluding hydrogens is 396 g/mol. The van der Waals surface area contributed by atoms with Gasteiger partial charge in [-0.25, -0.2) is 8.42 Å². The average molecular weight is 423 g/mol. The molecule has 0 atom stereocenters. The van der Waals surface area contributed by atoms with Crippen molar-refractivity contribution in [1.29, 1.82) is 0 Å².